The van der Waals surface area contributed by atoms with Gasteiger partial charge in [0.1, 0.15) is 0 Å². The molecule has 0 aromatic heterocycles. The lowest BCUT2D eigenvalue weighted by atomic mass is 9.82. The van der Waals surface area contributed by atoms with Crippen molar-refractivity contribution in [1.29, 1.82) is 0 Å². The molecule has 0 saturated heterocycles. The van der Waals surface area contributed by atoms with Crippen LogP contribution in [0.15, 0.2) is 48.5 Å². The van der Waals surface area contributed by atoms with Gasteiger partial charge in [0.25, 0.3) is 0 Å². The maximum Gasteiger partial charge on any atom is 0.0642 e. The Morgan fingerprint density at radius 1 is 1.00 bits per heavy atom. The minimum atomic E-state index is -0.497. The van der Waals surface area contributed by atoms with Gasteiger partial charge in [-0.3, -0.25) is 0 Å². The zero-order valence-corrected chi connectivity index (χ0v) is 12.4. The van der Waals surface area contributed by atoms with E-state index in [2.05, 4.69) is 19.1 Å². The first kappa shape index (κ1) is 14.4. The summed E-state index contributed by atoms with van der Waals surface area (Å²) in [5, 5.41) is 1.11. The van der Waals surface area contributed by atoms with Crippen molar-refractivity contribution in [3.05, 3.63) is 69.7 Å². The van der Waals surface area contributed by atoms with Crippen LogP contribution in [0.3, 0.4) is 0 Å². The van der Waals surface area contributed by atoms with Crippen molar-refractivity contribution in [2.75, 3.05) is 0 Å². The van der Waals surface area contributed by atoms with Crippen molar-refractivity contribution >= 4 is 23.2 Å². The predicted molar refractivity (Wildman–Crippen MR) is 82.8 cm³/mol. The highest BCUT2D eigenvalue weighted by atomic mass is 35.5. The molecule has 3 heteroatoms. The van der Waals surface area contributed by atoms with Gasteiger partial charge in [-0.05, 0) is 30.0 Å². The van der Waals surface area contributed by atoms with Gasteiger partial charge in [0.05, 0.1) is 10.0 Å². The summed E-state index contributed by atoms with van der Waals surface area (Å²) in [4.78, 5) is 0. The fourth-order valence-electron chi connectivity index (χ4n) is 2.26. The molecule has 2 N–H and O–H groups in total. The van der Waals surface area contributed by atoms with Gasteiger partial charge in [-0.15, -0.1) is 0 Å². The van der Waals surface area contributed by atoms with Crippen LogP contribution in [0.2, 0.25) is 10.0 Å². The summed E-state index contributed by atoms with van der Waals surface area (Å²) < 4.78 is 0. The molecule has 0 radical (unpaired) electrons. The van der Waals surface area contributed by atoms with Gasteiger partial charge >= 0.3 is 0 Å². The van der Waals surface area contributed by atoms with Crippen LogP contribution in [0.4, 0.5) is 0 Å². The minimum Gasteiger partial charge on any atom is -0.321 e. The van der Waals surface area contributed by atoms with E-state index >= 15 is 0 Å². The molecule has 0 saturated carbocycles. The molecular weight excluding hydrogens is 277 g/mol. The van der Waals surface area contributed by atoms with Crippen LogP contribution >= 0.6 is 23.2 Å². The fourth-order valence-corrected chi connectivity index (χ4v) is 2.75. The third-order valence-electron chi connectivity index (χ3n) is 3.48. The highest BCUT2D eigenvalue weighted by Crippen LogP contribution is 2.35. The van der Waals surface area contributed by atoms with E-state index in [1.807, 2.05) is 30.3 Å². The Bertz CT molecular complexity index is 554. The molecule has 100 valence electrons. The van der Waals surface area contributed by atoms with Crippen LogP contribution in [0.1, 0.15) is 24.5 Å². The molecule has 1 atom stereocenters. The van der Waals surface area contributed by atoms with E-state index in [1.54, 1.807) is 6.07 Å². The summed E-state index contributed by atoms with van der Waals surface area (Å²) in [5.74, 6) is 0. The third kappa shape index (κ3) is 3.11. The second kappa shape index (κ2) is 5.96. The van der Waals surface area contributed by atoms with Crippen molar-refractivity contribution in [3.63, 3.8) is 0 Å². The summed E-state index contributed by atoms with van der Waals surface area (Å²) in [6, 6.07) is 15.8. The second-order valence-electron chi connectivity index (χ2n) is 4.77. The highest BCUT2D eigenvalue weighted by Gasteiger charge is 2.28. The Kier molecular flexibility index (Phi) is 4.51. The zero-order chi connectivity index (χ0) is 13.9. The lowest BCUT2D eigenvalue weighted by molar-refractivity contribution is 0.425. The van der Waals surface area contributed by atoms with Crippen LogP contribution in [-0.2, 0) is 12.0 Å². The molecule has 19 heavy (non-hydrogen) atoms. The number of halogens is 2. The number of hydrogen-bond acceptors (Lipinski definition) is 1. The van der Waals surface area contributed by atoms with E-state index in [0.29, 0.717) is 10.0 Å². The molecule has 0 aliphatic carbocycles. The first-order chi connectivity index (χ1) is 9.07. The molecule has 0 spiro atoms. The van der Waals surface area contributed by atoms with E-state index in [4.69, 9.17) is 28.9 Å². The van der Waals surface area contributed by atoms with E-state index in [9.17, 15) is 0 Å². The van der Waals surface area contributed by atoms with Crippen LogP contribution < -0.4 is 5.73 Å². The lowest BCUT2D eigenvalue weighted by Crippen LogP contribution is -2.38. The van der Waals surface area contributed by atoms with Gasteiger partial charge in [0.2, 0.25) is 0 Å². The average Bonchev–Trinajstić information content (AvgIpc) is 2.43. The monoisotopic (exact) mass is 293 g/mol. The van der Waals surface area contributed by atoms with Gasteiger partial charge in [-0.2, -0.15) is 0 Å². The molecule has 0 aliphatic heterocycles. The second-order valence-corrected chi connectivity index (χ2v) is 5.56. The quantitative estimate of drug-likeness (QED) is 0.861. The van der Waals surface area contributed by atoms with Crippen LogP contribution in [0, 0.1) is 0 Å². The summed E-state index contributed by atoms with van der Waals surface area (Å²) >= 11 is 12.4. The first-order valence-electron chi connectivity index (χ1n) is 6.34. The van der Waals surface area contributed by atoms with Gasteiger partial charge in [-0.1, -0.05) is 72.6 Å². The largest absolute Gasteiger partial charge is 0.321 e. The maximum absolute atomic E-state index is 6.58. The molecule has 2 aromatic rings. The third-order valence-corrected chi connectivity index (χ3v) is 4.30. The van der Waals surface area contributed by atoms with Gasteiger partial charge < -0.3 is 5.73 Å². The Labute approximate surface area is 124 Å². The van der Waals surface area contributed by atoms with Crippen LogP contribution in [0.25, 0.3) is 0 Å². The van der Waals surface area contributed by atoms with E-state index in [-0.39, 0.29) is 0 Å². The summed E-state index contributed by atoms with van der Waals surface area (Å²) in [7, 11) is 0. The predicted octanol–water partition coefficient (Wildman–Crippen LogP) is 4.80. The Hall–Kier alpha value is -1.02. The summed E-state index contributed by atoms with van der Waals surface area (Å²) in [6.07, 6.45) is 1.53. The van der Waals surface area contributed by atoms with Gasteiger partial charge in [-0.25, -0.2) is 0 Å². The average molecular weight is 294 g/mol. The number of benzene rings is 2. The molecule has 1 unspecified atom stereocenters. The molecular formula is C16H17Cl2N. The van der Waals surface area contributed by atoms with Crippen molar-refractivity contribution in [2.24, 2.45) is 5.73 Å². The summed E-state index contributed by atoms with van der Waals surface area (Å²) in [5.41, 5.74) is 8.19. The smallest absolute Gasteiger partial charge is 0.0642 e. The molecule has 0 aliphatic rings. The molecule has 2 aromatic carbocycles. The normalized spacial score (nSPS) is 14.1. The topological polar surface area (TPSA) is 26.0 Å². The molecule has 0 fully saturated rings. The van der Waals surface area contributed by atoms with Crippen molar-refractivity contribution < 1.29 is 0 Å². The molecule has 2 rings (SSSR count). The maximum atomic E-state index is 6.58. The Morgan fingerprint density at radius 2 is 1.68 bits per heavy atom. The summed E-state index contributed by atoms with van der Waals surface area (Å²) in [6.45, 7) is 2.07. The van der Waals surface area contributed by atoms with Crippen molar-refractivity contribution in [1.82, 2.24) is 0 Å². The fraction of sp³-hybridized carbons (Fsp3) is 0.250. The number of hydrogen-bond donors (Lipinski definition) is 1. The van der Waals surface area contributed by atoms with E-state index in [1.165, 1.54) is 5.56 Å². The molecule has 0 heterocycles. The highest BCUT2D eigenvalue weighted by molar-refractivity contribution is 6.42. The van der Waals surface area contributed by atoms with E-state index in [0.717, 1.165) is 18.4 Å². The molecule has 0 bridgehead atoms. The van der Waals surface area contributed by atoms with Gasteiger partial charge in [0.15, 0.2) is 0 Å². The number of nitrogens with two attached hydrogens (primary N) is 1. The Balaban J connectivity index is 2.40. The molecule has 0 amide bonds. The Morgan fingerprint density at radius 3 is 2.32 bits per heavy atom. The first-order valence-corrected chi connectivity index (χ1v) is 7.10. The van der Waals surface area contributed by atoms with E-state index < -0.39 is 5.54 Å². The van der Waals surface area contributed by atoms with Gasteiger partial charge in [0, 0.05) is 5.54 Å². The SMILES string of the molecule is CCC(N)(Cc1ccccc1)c1cccc(Cl)c1Cl. The standard InChI is InChI=1S/C16H17Cl2N/c1-2-16(19,11-12-7-4-3-5-8-12)13-9-6-10-14(17)15(13)18/h3-10H,2,11,19H2,1H3. The lowest BCUT2D eigenvalue weighted by Gasteiger charge is -2.30. The number of rotatable bonds is 4. The van der Waals surface area contributed by atoms with Crippen molar-refractivity contribution in [3.8, 4) is 0 Å². The molecule has 1 nitrogen and oxygen atoms in total. The minimum absolute atomic E-state index is 0.497. The van der Waals surface area contributed by atoms with Crippen molar-refractivity contribution in [2.45, 2.75) is 25.3 Å². The van der Waals surface area contributed by atoms with Crippen LogP contribution in [0.5, 0.6) is 0 Å². The van der Waals surface area contributed by atoms with Crippen LogP contribution in [-0.4, -0.2) is 0 Å². The zero-order valence-electron chi connectivity index (χ0n) is 10.9.